The second kappa shape index (κ2) is 5.82. The van der Waals surface area contributed by atoms with Gasteiger partial charge in [0.05, 0.1) is 6.04 Å². The van der Waals surface area contributed by atoms with Crippen LogP contribution in [0, 0.1) is 41.5 Å². The van der Waals surface area contributed by atoms with Crippen molar-refractivity contribution in [2.75, 3.05) is 0 Å². The Kier molecular flexibility index (Phi) is 4.46. The highest BCUT2D eigenvalue weighted by atomic mass is 35.5. The van der Waals surface area contributed by atoms with Crippen LogP contribution in [0.25, 0.3) is 0 Å². The van der Waals surface area contributed by atoms with E-state index in [9.17, 15) is 0 Å². The van der Waals surface area contributed by atoms with Gasteiger partial charge in [0.1, 0.15) is 0 Å². The van der Waals surface area contributed by atoms with E-state index in [1.807, 2.05) is 18.2 Å². The van der Waals surface area contributed by atoms with Gasteiger partial charge in [-0.25, -0.2) is 0 Å². The fourth-order valence-electron chi connectivity index (χ4n) is 3.14. The summed E-state index contributed by atoms with van der Waals surface area (Å²) in [5, 5.41) is 0.758. The second-order valence-electron chi connectivity index (χ2n) is 6.02. The Labute approximate surface area is 133 Å². The molecule has 0 fully saturated rings. The van der Waals surface area contributed by atoms with E-state index in [0.29, 0.717) is 0 Å². The Hall–Kier alpha value is -1.31. The normalized spacial score (nSPS) is 12.6. The lowest BCUT2D eigenvalue weighted by atomic mass is 9.83. The van der Waals surface area contributed by atoms with Crippen molar-refractivity contribution in [3.8, 4) is 0 Å². The van der Waals surface area contributed by atoms with Gasteiger partial charge in [0.25, 0.3) is 0 Å². The Morgan fingerprint density at radius 3 is 1.76 bits per heavy atom. The number of benzene rings is 2. The summed E-state index contributed by atoms with van der Waals surface area (Å²) in [7, 11) is 0. The van der Waals surface area contributed by atoms with Crippen LogP contribution in [0.3, 0.4) is 0 Å². The van der Waals surface area contributed by atoms with Gasteiger partial charge < -0.3 is 5.73 Å². The molecular formula is C19H24ClN. The predicted molar refractivity (Wildman–Crippen MR) is 92.3 cm³/mol. The zero-order chi connectivity index (χ0) is 15.9. The summed E-state index contributed by atoms with van der Waals surface area (Å²) < 4.78 is 0. The number of halogens is 1. The minimum Gasteiger partial charge on any atom is -0.320 e. The highest BCUT2D eigenvalue weighted by Crippen LogP contribution is 2.34. The quantitative estimate of drug-likeness (QED) is 0.806. The minimum atomic E-state index is -0.111. The Morgan fingerprint density at radius 2 is 1.29 bits per heavy atom. The first-order chi connectivity index (χ1) is 9.75. The van der Waals surface area contributed by atoms with E-state index in [2.05, 4.69) is 41.5 Å². The lowest BCUT2D eigenvalue weighted by Gasteiger charge is -2.24. The Balaban J connectivity index is 2.66. The molecule has 2 rings (SSSR count). The summed E-state index contributed by atoms with van der Waals surface area (Å²) in [6.45, 7) is 13.0. The maximum atomic E-state index is 6.61. The summed E-state index contributed by atoms with van der Waals surface area (Å²) in [5.41, 5.74) is 16.8. The topological polar surface area (TPSA) is 26.0 Å². The van der Waals surface area contributed by atoms with Crippen LogP contribution in [0.1, 0.15) is 50.5 Å². The summed E-state index contributed by atoms with van der Waals surface area (Å²) in [6, 6.07) is 5.84. The zero-order valence-electron chi connectivity index (χ0n) is 13.8. The third-order valence-corrected chi connectivity index (χ3v) is 5.17. The van der Waals surface area contributed by atoms with Crippen molar-refractivity contribution < 1.29 is 0 Å². The molecular weight excluding hydrogens is 278 g/mol. The van der Waals surface area contributed by atoms with Gasteiger partial charge in [0.15, 0.2) is 0 Å². The molecule has 0 aliphatic carbocycles. The van der Waals surface area contributed by atoms with E-state index in [1.54, 1.807) is 0 Å². The van der Waals surface area contributed by atoms with Crippen molar-refractivity contribution in [3.63, 3.8) is 0 Å². The molecule has 21 heavy (non-hydrogen) atoms. The first-order valence-electron chi connectivity index (χ1n) is 7.34. The molecule has 0 aromatic heterocycles. The standard InChI is InChI=1S/C19H24ClN/c1-10-9-16(20)7-8-17(10)19(21)18-14(5)12(3)11(2)13(4)15(18)6/h7-9,19H,21H2,1-6H3. The molecule has 0 bridgehead atoms. The maximum Gasteiger partial charge on any atom is 0.0559 e. The summed E-state index contributed by atoms with van der Waals surface area (Å²) in [6.07, 6.45) is 0. The van der Waals surface area contributed by atoms with Crippen molar-refractivity contribution >= 4 is 11.6 Å². The van der Waals surface area contributed by atoms with Crippen molar-refractivity contribution in [1.29, 1.82) is 0 Å². The van der Waals surface area contributed by atoms with Crippen LogP contribution in [-0.2, 0) is 0 Å². The second-order valence-corrected chi connectivity index (χ2v) is 6.45. The summed E-state index contributed by atoms with van der Waals surface area (Å²) in [5.74, 6) is 0. The van der Waals surface area contributed by atoms with Gasteiger partial charge in [-0.15, -0.1) is 0 Å². The predicted octanol–water partition coefficient (Wildman–Crippen LogP) is 5.24. The highest BCUT2D eigenvalue weighted by molar-refractivity contribution is 6.30. The molecule has 0 aliphatic heterocycles. The smallest absolute Gasteiger partial charge is 0.0559 e. The first-order valence-corrected chi connectivity index (χ1v) is 7.72. The van der Waals surface area contributed by atoms with E-state index in [1.165, 1.54) is 33.4 Å². The van der Waals surface area contributed by atoms with Gasteiger partial charge in [-0.3, -0.25) is 0 Å². The molecule has 1 atom stereocenters. The molecule has 2 aromatic carbocycles. The summed E-state index contributed by atoms with van der Waals surface area (Å²) >= 11 is 6.06. The third-order valence-electron chi connectivity index (χ3n) is 4.94. The van der Waals surface area contributed by atoms with Gasteiger partial charge in [-0.1, -0.05) is 17.7 Å². The number of rotatable bonds is 2. The molecule has 1 unspecified atom stereocenters. The van der Waals surface area contributed by atoms with Crippen molar-refractivity contribution in [3.05, 3.63) is 67.7 Å². The molecule has 0 amide bonds. The van der Waals surface area contributed by atoms with Gasteiger partial charge in [0.2, 0.25) is 0 Å². The maximum absolute atomic E-state index is 6.61. The Morgan fingerprint density at radius 1 is 0.810 bits per heavy atom. The van der Waals surface area contributed by atoms with Gasteiger partial charge in [0, 0.05) is 5.02 Å². The van der Waals surface area contributed by atoms with Crippen LogP contribution in [-0.4, -0.2) is 0 Å². The molecule has 112 valence electrons. The fraction of sp³-hybridized carbons (Fsp3) is 0.368. The van der Waals surface area contributed by atoms with E-state index in [4.69, 9.17) is 17.3 Å². The molecule has 0 aliphatic rings. The molecule has 0 radical (unpaired) electrons. The van der Waals surface area contributed by atoms with Crippen LogP contribution in [0.4, 0.5) is 0 Å². The summed E-state index contributed by atoms with van der Waals surface area (Å²) in [4.78, 5) is 0. The molecule has 2 aromatic rings. The van der Waals surface area contributed by atoms with Crippen LogP contribution in [0.5, 0.6) is 0 Å². The van der Waals surface area contributed by atoms with Gasteiger partial charge in [-0.05, 0) is 98.2 Å². The molecule has 0 heterocycles. The Bertz CT molecular complexity index is 672. The number of hydrogen-bond acceptors (Lipinski definition) is 1. The SMILES string of the molecule is Cc1cc(Cl)ccc1C(N)c1c(C)c(C)c(C)c(C)c1C. The van der Waals surface area contributed by atoms with Crippen LogP contribution in [0.15, 0.2) is 18.2 Å². The third kappa shape index (κ3) is 2.73. The van der Waals surface area contributed by atoms with Crippen molar-refractivity contribution in [1.82, 2.24) is 0 Å². The van der Waals surface area contributed by atoms with E-state index >= 15 is 0 Å². The van der Waals surface area contributed by atoms with E-state index in [0.717, 1.165) is 16.1 Å². The molecule has 1 nitrogen and oxygen atoms in total. The van der Waals surface area contributed by atoms with E-state index in [-0.39, 0.29) is 6.04 Å². The number of nitrogens with two attached hydrogens (primary N) is 1. The zero-order valence-corrected chi connectivity index (χ0v) is 14.5. The molecule has 0 spiro atoms. The van der Waals surface area contributed by atoms with Crippen molar-refractivity contribution in [2.24, 2.45) is 5.73 Å². The van der Waals surface area contributed by atoms with Crippen LogP contribution in [0.2, 0.25) is 5.02 Å². The van der Waals surface area contributed by atoms with Crippen molar-refractivity contribution in [2.45, 2.75) is 47.6 Å². The molecule has 2 N–H and O–H groups in total. The van der Waals surface area contributed by atoms with Gasteiger partial charge in [-0.2, -0.15) is 0 Å². The molecule has 2 heteroatoms. The number of aryl methyl sites for hydroxylation is 1. The monoisotopic (exact) mass is 301 g/mol. The average Bonchev–Trinajstić information content (AvgIpc) is 2.43. The molecule has 0 saturated heterocycles. The van der Waals surface area contributed by atoms with Gasteiger partial charge >= 0.3 is 0 Å². The minimum absolute atomic E-state index is 0.111. The van der Waals surface area contributed by atoms with E-state index < -0.39 is 0 Å². The number of hydrogen-bond donors (Lipinski definition) is 1. The fourth-order valence-corrected chi connectivity index (χ4v) is 3.37. The van der Waals surface area contributed by atoms with Crippen LogP contribution < -0.4 is 5.73 Å². The lowest BCUT2D eigenvalue weighted by molar-refractivity contribution is 0.835. The average molecular weight is 302 g/mol. The van der Waals surface area contributed by atoms with Crippen LogP contribution >= 0.6 is 11.6 Å². The molecule has 0 saturated carbocycles. The first kappa shape index (κ1) is 16.1. The lowest BCUT2D eigenvalue weighted by Crippen LogP contribution is -2.18. The largest absolute Gasteiger partial charge is 0.320 e. The highest BCUT2D eigenvalue weighted by Gasteiger charge is 2.20.